The molecular formula is C65H115NO8. The molecule has 428 valence electrons. The number of rotatable bonds is 56. The van der Waals surface area contributed by atoms with Gasteiger partial charge in [-0.05, 0) is 64.2 Å². The zero-order valence-corrected chi connectivity index (χ0v) is 48.7. The van der Waals surface area contributed by atoms with E-state index in [2.05, 4.69) is 86.8 Å². The predicted octanol–water partition coefficient (Wildman–Crippen LogP) is 16.8. The Bertz CT molecular complexity index is 1440. The van der Waals surface area contributed by atoms with Crippen molar-refractivity contribution in [2.24, 2.45) is 0 Å². The number of carbonyl (C=O) groups is 3. The maximum absolute atomic E-state index is 12.9. The summed E-state index contributed by atoms with van der Waals surface area (Å²) in [4.78, 5) is 37.2. The van der Waals surface area contributed by atoms with Crippen molar-refractivity contribution in [2.75, 3.05) is 47.5 Å². The van der Waals surface area contributed by atoms with Gasteiger partial charge in [-0.1, -0.05) is 260 Å². The molecule has 0 aliphatic rings. The van der Waals surface area contributed by atoms with Gasteiger partial charge in [-0.15, -0.1) is 0 Å². The van der Waals surface area contributed by atoms with Crippen LogP contribution in [-0.2, 0) is 33.3 Å². The van der Waals surface area contributed by atoms with Crippen molar-refractivity contribution < 1.29 is 42.9 Å². The molecule has 0 aliphatic carbocycles. The fourth-order valence-corrected chi connectivity index (χ4v) is 8.54. The van der Waals surface area contributed by atoms with Crippen molar-refractivity contribution >= 4 is 17.9 Å². The summed E-state index contributed by atoms with van der Waals surface area (Å²) >= 11 is 0. The molecule has 9 heteroatoms. The molecule has 2 unspecified atom stereocenters. The molecule has 0 radical (unpaired) electrons. The smallest absolute Gasteiger partial charge is 0.306 e. The fourth-order valence-electron chi connectivity index (χ4n) is 8.54. The summed E-state index contributed by atoms with van der Waals surface area (Å²) in [6.45, 7) is 4.65. The number of esters is 2. The van der Waals surface area contributed by atoms with E-state index >= 15 is 0 Å². The normalized spacial score (nSPS) is 13.3. The highest BCUT2D eigenvalue weighted by Crippen LogP contribution is 2.17. The second-order valence-corrected chi connectivity index (χ2v) is 21.6. The van der Waals surface area contributed by atoms with Crippen molar-refractivity contribution in [3.63, 3.8) is 0 Å². The number of unbranched alkanes of at least 4 members (excludes halogenated alkanes) is 29. The number of ether oxygens (including phenoxy) is 4. The Kier molecular flexibility index (Phi) is 53.5. The molecule has 9 nitrogen and oxygen atoms in total. The summed E-state index contributed by atoms with van der Waals surface area (Å²) < 4.78 is 22.7. The van der Waals surface area contributed by atoms with E-state index in [0.29, 0.717) is 23.9 Å². The average molecular weight is 1040 g/mol. The van der Waals surface area contributed by atoms with Crippen LogP contribution < -0.4 is 5.11 Å². The zero-order valence-electron chi connectivity index (χ0n) is 48.7. The minimum atomic E-state index is -1.62. The van der Waals surface area contributed by atoms with E-state index in [1.807, 2.05) is 21.1 Å². The van der Waals surface area contributed by atoms with Crippen LogP contribution in [0.25, 0.3) is 0 Å². The summed E-state index contributed by atoms with van der Waals surface area (Å²) in [6, 6.07) is 0. The van der Waals surface area contributed by atoms with Crippen LogP contribution in [0.3, 0.4) is 0 Å². The van der Waals surface area contributed by atoms with Gasteiger partial charge in [0.2, 0.25) is 0 Å². The van der Waals surface area contributed by atoms with Crippen LogP contribution in [0, 0.1) is 0 Å². The zero-order chi connectivity index (χ0) is 54.1. The summed E-state index contributed by atoms with van der Waals surface area (Å²) in [5, 5.41) is 11.8. The van der Waals surface area contributed by atoms with Crippen LogP contribution in [0.5, 0.6) is 0 Å². The monoisotopic (exact) mass is 1040 g/mol. The van der Waals surface area contributed by atoms with Crippen LogP contribution in [0.2, 0.25) is 0 Å². The summed E-state index contributed by atoms with van der Waals surface area (Å²) in [6.07, 6.45) is 69.7. The van der Waals surface area contributed by atoms with E-state index in [1.165, 1.54) is 161 Å². The lowest BCUT2D eigenvalue weighted by molar-refractivity contribution is -0.870. The first-order valence-electron chi connectivity index (χ1n) is 30.6. The van der Waals surface area contributed by atoms with Gasteiger partial charge in [0.1, 0.15) is 13.2 Å². The van der Waals surface area contributed by atoms with Crippen LogP contribution in [0.15, 0.2) is 72.9 Å². The number of hydrogen-bond acceptors (Lipinski definition) is 8. The first-order chi connectivity index (χ1) is 36.1. The molecule has 0 N–H and O–H groups in total. The molecule has 0 fully saturated rings. The quantitative estimate of drug-likeness (QED) is 0.0195. The fraction of sp³-hybridized carbons (Fsp3) is 0.769. The van der Waals surface area contributed by atoms with Crippen LogP contribution >= 0.6 is 0 Å². The minimum absolute atomic E-state index is 0.149. The molecular weight excluding hydrogens is 923 g/mol. The SMILES string of the molecule is CC/C=C\C/C=C\C/C=C\C/C=C\C/C=C\C/C=C\CCCCCCCCCCCCCCCCCCCCC(=O)OC(COC(=O)CCCCCCCCCCCCCC)COC(OCC[N+](C)(C)C)C(=O)[O-]. The highest BCUT2D eigenvalue weighted by molar-refractivity contribution is 5.70. The lowest BCUT2D eigenvalue weighted by Gasteiger charge is -2.26. The van der Waals surface area contributed by atoms with Crippen molar-refractivity contribution in [3.05, 3.63) is 72.9 Å². The number of carbonyl (C=O) groups excluding carboxylic acids is 3. The highest BCUT2D eigenvalue weighted by atomic mass is 16.7. The van der Waals surface area contributed by atoms with Crippen LogP contribution in [0.1, 0.15) is 264 Å². The standard InChI is InChI=1S/C65H115NO8/c1-6-8-10-12-14-16-18-20-21-22-23-24-25-26-27-28-29-30-31-32-33-34-35-36-37-38-39-40-41-42-43-44-46-48-50-52-54-56-63(68)74-61(60-73-65(64(69)70)71-58-57-66(3,4)5)59-72-62(67)55-53-51-49-47-45-19-17-15-13-11-9-7-2/h8,10,14,16,20-21,23-24,26-27,29-30,61,65H,6-7,9,11-13,15,17-19,22,25,28,31-60H2,1-5H3/b10-8-,16-14-,21-20-,24-23-,27-26-,30-29-. The van der Waals surface area contributed by atoms with Gasteiger partial charge >= 0.3 is 11.9 Å². The van der Waals surface area contributed by atoms with Gasteiger partial charge in [-0.25, -0.2) is 0 Å². The van der Waals surface area contributed by atoms with Gasteiger partial charge in [0.15, 0.2) is 12.4 Å². The second kappa shape index (κ2) is 55.9. The van der Waals surface area contributed by atoms with Gasteiger partial charge in [0.05, 0.1) is 40.3 Å². The molecule has 0 spiro atoms. The van der Waals surface area contributed by atoms with Gasteiger partial charge < -0.3 is 33.3 Å². The Morgan fingerprint density at radius 2 is 0.770 bits per heavy atom. The first kappa shape index (κ1) is 70.7. The Labute approximate surface area is 456 Å². The molecule has 0 amide bonds. The van der Waals surface area contributed by atoms with E-state index < -0.39 is 24.3 Å². The molecule has 0 rings (SSSR count). The van der Waals surface area contributed by atoms with E-state index in [4.69, 9.17) is 18.9 Å². The van der Waals surface area contributed by atoms with E-state index in [1.54, 1.807) is 0 Å². The number of nitrogens with zero attached hydrogens (tertiary/aromatic N) is 1. The summed E-state index contributed by atoms with van der Waals surface area (Å²) in [5.41, 5.74) is 0. The number of quaternary nitrogens is 1. The molecule has 0 aromatic carbocycles. The lowest BCUT2D eigenvalue weighted by atomic mass is 10.0. The maximum atomic E-state index is 12.9. The third kappa shape index (κ3) is 56.5. The lowest BCUT2D eigenvalue weighted by Crippen LogP contribution is -2.44. The summed E-state index contributed by atoms with van der Waals surface area (Å²) in [5.74, 6) is -2.27. The maximum Gasteiger partial charge on any atom is 0.306 e. The van der Waals surface area contributed by atoms with Crippen molar-refractivity contribution in [1.29, 1.82) is 0 Å². The number of carboxylic acid groups (broad SMARTS) is 1. The molecule has 0 aromatic rings. The Morgan fingerprint density at radius 3 is 1.15 bits per heavy atom. The molecule has 74 heavy (non-hydrogen) atoms. The molecule has 0 heterocycles. The van der Waals surface area contributed by atoms with Gasteiger partial charge in [-0.3, -0.25) is 9.59 Å². The van der Waals surface area contributed by atoms with E-state index in [9.17, 15) is 19.5 Å². The van der Waals surface area contributed by atoms with E-state index in [0.717, 1.165) is 70.6 Å². The van der Waals surface area contributed by atoms with Gasteiger partial charge in [0.25, 0.3) is 0 Å². The molecule has 0 bridgehead atoms. The van der Waals surface area contributed by atoms with Crippen molar-refractivity contribution in [1.82, 2.24) is 0 Å². The molecule has 0 saturated heterocycles. The van der Waals surface area contributed by atoms with E-state index in [-0.39, 0.29) is 32.2 Å². The number of aliphatic carboxylic acids is 1. The Hall–Kier alpha value is -3.27. The van der Waals surface area contributed by atoms with Crippen molar-refractivity contribution in [2.45, 2.75) is 277 Å². The molecule has 0 aromatic heterocycles. The largest absolute Gasteiger partial charge is 0.545 e. The second-order valence-electron chi connectivity index (χ2n) is 21.6. The first-order valence-corrected chi connectivity index (χ1v) is 30.6. The number of likely N-dealkylation sites (N-methyl/N-ethyl adjacent to an activating group) is 1. The van der Waals surface area contributed by atoms with Gasteiger partial charge in [0, 0.05) is 12.8 Å². The van der Waals surface area contributed by atoms with Gasteiger partial charge in [-0.2, -0.15) is 0 Å². The summed E-state index contributed by atoms with van der Waals surface area (Å²) in [7, 11) is 5.92. The molecule has 0 saturated carbocycles. The topological polar surface area (TPSA) is 111 Å². The van der Waals surface area contributed by atoms with Crippen molar-refractivity contribution in [3.8, 4) is 0 Å². The Morgan fingerprint density at radius 1 is 0.419 bits per heavy atom. The number of carboxylic acids is 1. The minimum Gasteiger partial charge on any atom is -0.545 e. The molecule has 0 aliphatic heterocycles. The van der Waals surface area contributed by atoms with Crippen LogP contribution in [-0.4, -0.2) is 82.3 Å². The average Bonchev–Trinajstić information content (AvgIpc) is 3.37. The highest BCUT2D eigenvalue weighted by Gasteiger charge is 2.22. The number of hydrogen-bond donors (Lipinski definition) is 0. The van der Waals surface area contributed by atoms with Crippen LogP contribution in [0.4, 0.5) is 0 Å². The number of allylic oxidation sites excluding steroid dienone is 12. The Balaban J connectivity index is 4.01. The molecule has 2 atom stereocenters. The predicted molar refractivity (Wildman–Crippen MR) is 311 cm³/mol. The third-order valence-corrected chi connectivity index (χ3v) is 13.2. The third-order valence-electron chi connectivity index (χ3n) is 13.2.